The second-order valence-electron chi connectivity index (χ2n) is 4.33. The van der Waals surface area contributed by atoms with E-state index in [2.05, 4.69) is 46.6 Å². The van der Waals surface area contributed by atoms with Gasteiger partial charge in [0.1, 0.15) is 11.6 Å². The Hall–Kier alpha value is -0.750. The summed E-state index contributed by atoms with van der Waals surface area (Å²) in [7, 11) is 0. The van der Waals surface area contributed by atoms with E-state index in [0.717, 1.165) is 30.1 Å². The third kappa shape index (κ3) is 2.23. The van der Waals surface area contributed by atoms with Crippen molar-refractivity contribution in [3.63, 3.8) is 0 Å². The Morgan fingerprint density at radius 3 is 2.67 bits per heavy atom. The monoisotopic (exact) mass is 373 g/mol. The SMILES string of the molecule is Fc1cc(Br)cc(-c2nnc(CBr)n2C2CC2)c1. The van der Waals surface area contributed by atoms with Crippen molar-refractivity contribution in [2.24, 2.45) is 0 Å². The first-order valence-corrected chi connectivity index (χ1v) is 7.56. The average molecular weight is 375 g/mol. The van der Waals surface area contributed by atoms with Gasteiger partial charge in [0.25, 0.3) is 0 Å². The van der Waals surface area contributed by atoms with E-state index in [1.165, 1.54) is 12.1 Å². The number of alkyl halides is 1. The minimum absolute atomic E-state index is 0.273. The van der Waals surface area contributed by atoms with Crippen LogP contribution in [-0.4, -0.2) is 14.8 Å². The van der Waals surface area contributed by atoms with Gasteiger partial charge in [0.15, 0.2) is 5.82 Å². The van der Waals surface area contributed by atoms with Crippen molar-refractivity contribution in [2.75, 3.05) is 0 Å². The van der Waals surface area contributed by atoms with Crippen LogP contribution in [0.3, 0.4) is 0 Å². The number of nitrogens with zero attached hydrogens (tertiary/aromatic N) is 3. The number of hydrogen-bond donors (Lipinski definition) is 0. The van der Waals surface area contributed by atoms with E-state index < -0.39 is 0 Å². The predicted octanol–water partition coefficient (Wildman–Crippen LogP) is 4.08. The lowest BCUT2D eigenvalue weighted by Gasteiger charge is -2.08. The third-order valence-corrected chi connectivity index (χ3v) is 3.88. The summed E-state index contributed by atoms with van der Waals surface area (Å²) >= 11 is 6.72. The van der Waals surface area contributed by atoms with E-state index in [1.54, 1.807) is 0 Å². The molecule has 1 heterocycles. The van der Waals surface area contributed by atoms with Gasteiger partial charge in [-0.15, -0.1) is 10.2 Å². The molecule has 0 bridgehead atoms. The fourth-order valence-electron chi connectivity index (χ4n) is 2.01. The molecule has 0 atom stereocenters. The third-order valence-electron chi connectivity index (χ3n) is 2.92. The van der Waals surface area contributed by atoms with Crippen molar-refractivity contribution in [2.45, 2.75) is 24.2 Å². The van der Waals surface area contributed by atoms with Crippen LogP contribution >= 0.6 is 31.9 Å². The summed E-state index contributed by atoms with van der Waals surface area (Å²) in [6, 6.07) is 5.26. The quantitative estimate of drug-likeness (QED) is 0.758. The molecule has 0 radical (unpaired) electrons. The Balaban J connectivity index is 2.13. The first kappa shape index (κ1) is 12.3. The smallest absolute Gasteiger partial charge is 0.164 e. The minimum Gasteiger partial charge on any atom is -0.307 e. The lowest BCUT2D eigenvalue weighted by molar-refractivity contribution is 0.626. The zero-order valence-electron chi connectivity index (χ0n) is 9.41. The standard InChI is InChI=1S/C12H10Br2FN3/c13-6-11-16-17-12(18(11)10-1-2-10)7-3-8(14)5-9(15)4-7/h3-5,10H,1-2,6H2. The first-order chi connectivity index (χ1) is 8.69. The topological polar surface area (TPSA) is 30.7 Å². The highest BCUT2D eigenvalue weighted by Gasteiger charge is 2.29. The molecule has 0 unspecified atom stereocenters. The molecule has 1 saturated carbocycles. The zero-order chi connectivity index (χ0) is 12.7. The van der Waals surface area contributed by atoms with E-state index in [0.29, 0.717) is 15.8 Å². The molecular weight excluding hydrogens is 365 g/mol. The molecule has 18 heavy (non-hydrogen) atoms. The molecule has 1 aliphatic rings. The molecule has 2 aromatic rings. The lowest BCUT2D eigenvalue weighted by Crippen LogP contribution is -2.02. The maximum atomic E-state index is 13.5. The summed E-state index contributed by atoms with van der Waals surface area (Å²) in [6.45, 7) is 0. The Morgan fingerprint density at radius 1 is 1.28 bits per heavy atom. The Labute approximate surface area is 121 Å². The van der Waals surface area contributed by atoms with Gasteiger partial charge in [-0.3, -0.25) is 0 Å². The highest BCUT2D eigenvalue weighted by molar-refractivity contribution is 9.10. The summed E-state index contributed by atoms with van der Waals surface area (Å²) in [4.78, 5) is 0. The second kappa shape index (κ2) is 4.74. The van der Waals surface area contributed by atoms with Gasteiger partial charge in [0.2, 0.25) is 0 Å². The predicted molar refractivity (Wildman–Crippen MR) is 74.0 cm³/mol. The van der Waals surface area contributed by atoms with E-state index in [9.17, 15) is 4.39 Å². The van der Waals surface area contributed by atoms with Crippen LogP contribution < -0.4 is 0 Å². The van der Waals surface area contributed by atoms with Gasteiger partial charge >= 0.3 is 0 Å². The Kier molecular flexibility index (Phi) is 3.23. The molecule has 1 aliphatic carbocycles. The largest absolute Gasteiger partial charge is 0.307 e. The molecule has 94 valence electrons. The molecule has 3 rings (SSSR count). The maximum Gasteiger partial charge on any atom is 0.164 e. The van der Waals surface area contributed by atoms with Crippen LogP contribution in [0.1, 0.15) is 24.7 Å². The number of hydrogen-bond acceptors (Lipinski definition) is 2. The Morgan fingerprint density at radius 2 is 2.06 bits per heavy atom. The summed E-state index contributed by atoms with van der Waals surface area (Å²) in [5.74, 6) is 1.37. The lowest BCUT2D eigenvalue weighted by atomic mass is 10.2. The summed E-state index contributed by atoms with van der Waals surface area (Å²) in [5.41, 5.74) is 0.758. The van der Waals surface area contributed by atoms with E-state index in [-0.39, 0.29) is 5.82 Å². The normalized spacial score (nSPS) is 15.1. The van der Waals surface area contributed by atoms with Crippen molar-refractivity contribution < 1.29 is 4.39 Å². The fourth-order valence-corrected chi connectivity index (χ4v) is 2.86. The van der Waals surface area contributed by atoms with E-state index >= 15 is 0 Å². The van der Waals surface area contributed by atoms with Gasteiger partial charge in [-0.2, -0.15) is 0 Å². The second-order valence-corrected chi connectivity index (χ2v) is 5.81. The molecule has 1 fully saturated rings. The van der Waals surface area contributed by atoms with Crippen molar-refractivity contribution in [1.29, 1.82) is 0 Å². The fraction of sp³-hybridized carbons (Fsp3) is 0.333. The van der Waals surface area contributed by atoms with Crippen molar-refractivity contribution >= 4 is 31.9 Å². The van der Waals surface area contributed by atoms with Crippen LogP contribution in [0.25, 0.3) is 11.4 Å². The molecule has 0 spiro atoms. The Bertz CT molecular complexity index is 573. The van der Waals surface area contributed by atoms with Crippen LogP contribution in [0, 0.1) is 5.82 Å². The molecule has 0 N–H and O–H groups in total. The van der Waals surface area contributed by atoms with Crippen LogP contribution in [0.2, 0.25) is 0 Å². The van der Waals surface area contributed by atoms with Crippen molar-refractivity contribution in [3.05, 3.63) is 34.3 Å². The molecule has 3 nitrogen and oxygen atoms in total. The van der Waals surface area contributed by atoms with Crippen LogP contribution in [0.4, 0.5) is 4.39 Å². The van der Waals surface area contributed by atoms with Crippen LogP contribution in [0.5, 0.6) is 0 Å². The van der Waals surface area contributed by atoms with Gasteiger partial charge in [0, 0.05) is 16.1 Å². The molecular formula is C12H10Br2FN3. The maximum absolute atomic E-state index is 13.5. The highest BCUT2D eigenvalue weighted by Crippen LogP contribution is 2.39. The highest BCUT2D eigenvalue weighted by atomic mass is 79.9. The molecule has 1 aromatic heterocycles. The van der Waals surface area contributed by atoms with Crippen LogP contribution in [-0.2, 0) is 5.33 Å². The van der Waals surface area contributed by atoms with Gasteiger partial charge in [-0.25, -0.2) is 4.39 Å². The summed E-state index contributed by atoms with van der Waals surface area (Å²) in [5, 5.41) is 9.02. The molecule has 0 aliphatic heterocycles. The van der Waals surface area contributed by atoms with Gasteiger partial charge in [-0.1, -0.05) is 31.9 Å². The zero-order valence-corrected chi connectivity index (χ0v) is 12.6. The minimum atomic E-state index is -0.273. The van der Waals surface area contributed by atoms with Crippen molar-refractivity contribution in [3.8, 4) is 11.4 Å². The van der Waals surface area contributed by atoms with Gasteiger partial charge in [0.05, 0.1) is 5.33 Å². The summed E-state index contributed by atoms with van der Waals surface area (Å²) < 4.78 is 16.3. The summed E-state index contributed by atoms with van der Waals surface area (Å²) in [6.07, 6.45) is 2.28. The number of aromatic nitrogens is 3. The molecule has 6 heteroatoms. The van der Waals surface area contributed by atoms with Crippen LogP contribution in [0.15, 0.2) is 22.7 Å². The van der Waals surface area contributed by atoms with Crippen molar-refractivity contribution in [1.82, 2.24) is 14.8 Å². The number of halogens is 3. The molecule has 0 saturated heterocycles. The van der Waals surface area contributed by atoms with E-state index in [1.807, 2.05) is 6.07 Å². The first-order valence-electron chi connectivity index (χ1n) is 5.65. The molecule has 0 amide bonds. The van der Waals surface area contributed by atoms with E-state index in [4.69, 9.17) is 0 Å². The van der Waals surface area contributed by atoms with Gasteiger partial charge in [-0.05, 0) is 31.0 Å². The number of rotatable bonds is 3. The average Bonchev–Trinajstić information content (AvgIpc) is 3.07. The molecule has 1 aromatic carbocycles. The van der Waals surface area contributed by atoms with Gasteiger partial charge < -0.3 is 4.57 Å². The number of benzene rings is 1.